The number of nitrogens with two attached hydrogens (primary N) is 1. The molecular formula is C12H23ClN4S. The van der Waals surface area contributed by atoms with E-state index in [9.17, 15) is 0 Å². The molecule has 6 heteroatoms. The van der Waals surface area contributed by atoms with Crippen LogP contribution in [0.15, 0.2) is 0 Å². The van der Waals surface area contributed by atoms with E-state index in [0.29, 0.717) is 0 Å². The Labute approximate surface area is 119 Å². The number of aryl methyl sites for hydroxylation is 2. The predicted molar refractivity (Wildman–Crippen MR) is 80.1 cm³/mol. The molecule has 0 saturated heterocycles. The number of thioether (sulfide) groups is 1. The Kier molecular flexibility index (Phi) is 7.07. The summed E-state index contributed by atoms with van der Waals surface area (Å²) in [4.78, 5) is 0. The monoisotopic (exact) mass is 290 g/mol. The molecule has 3 N–H and O–H groups in total. The van der Waals surface area contributed by atoms with Crippen molar-refractivity contribution in [2.75, 3.05) is 11.5 Å². The molecule has 0 aliphatic rings. The number of hydrazine groups is 1. The highest BCUT2D eigenvalue weighted by Crippen LogP contribution is 2.23. The molecule has 104 valence electrons. The van der Waals surface area contributed by atoms with Crippen LogP contribution in [-0.2, 0) is 19.4 Å². The summed E-state index contributed by atoms with van der Waals surface area (Å²) in [6.07, 6.45) is 1.69. The van der Waals surface area contributed by atoms with E-state index in [1.165, 1.54) is 0 Å². The quantitative estimate of drug-likeness (QED) is 0.569. The normalized spacial score (nSPS) is 12.9. The fraction of sp³-hybridized carbons (Fsp3) is 0.750. The Hall–Kier alpha value is -0.230. The zero-order chi connectivity index (χ0) is 13.5. The maximum atomic E-state index is 6.38. The van der Waals surface area contributed by atoms with E-state index < -0.39 is 0 Å². The second-order valence-electron chi connectivity index (χ2n) is 4.10. The molecule has 1 aromatic heterocycles. The van der Waals surface area contributed by atoms with Gasteiger partial charge in [0.1, 0.15) is 0 Å². The van der Waals surface area contributed by atoms with Gasteiger partial charge in [0.2, 0.25) is 0 Å². The third-order valence-corrected chi connectivity index (χ3v) is 4.38. The summed E-state index contributed by atoms with van der Waals surface area (Å²) >= 11 is 8.26. The van der Waals surface area contributed by atoms with Crippen molar-refractivity contribution in [3.63, 3.8) is 0 Å². The Morgan fingerprint density at radius 1 is 1.44 bits per heavy atom. The van der Waals surface area contributed by atoms with E-state index in [1.807, 2.05) is 16.4 Å². The fourth-order valence-corrected chi connectivity index (χ4v) is 2.95. The summed E-state index contributed by atoms with van der Waals surface area (Å²) in [5, 5.41) is 5.33. The summed E-state index contributed by atoms with van der Waals surface area (Å²) in [6, 6.07) is 0.235. The molecule has 1 unspecified atom stereocenters. The molecular weight excluding hydrogens is 268 g/mol. The summed E-state index contributed by atoms with van der Waals surface area (Å²) in [5.41, 5.74) is 4.94. The second kappa shape index (κ2) is 8.04. The molecule has 0 spiro atoms. The van der Waals surface area contributed by atoms with E-state index in [0.717, 1.165) is 47.3 Å². The Morgan fingerprint density at radius 2 is 2.17 bits per heavy atom. The van der Waals surface area contributed by atoms with Gasteiger partial charge in [0, 0.05) is 24.8 Å². The van der Waals surface area contributed by atoms with Crippen LogP contribution in [0.3, 0.4) is 0 Å². The fourth-order valence-electron chi connectivity index (χ4n) is 1.87. The van der Waals surface area contributed by atoms with Gasteiger partial charge >= 0.3 is 0 Å². The Balaban J connectivity index is 2.83. The minimum atomic E-state index is 0.235. The lowest BCUT2D eigenvalue weighted by Crippen LogP contribution is -2.39. The molecule has 1 heterocycles. The number of hydrogen-bond donors (Lipinski definition) is 2. The smallest absolute Gasteiger partial charge is 0.0850 e. The van der Waals surface area contributed by atoms with Crippen LogP contribution in [0.5, 0.6) is 0 Å². The van der Waals surface area contributed by atoms with Crippen molar-refractivity contribution < 1.29 is 0 Å². The average molecular weight is 291 g/mol. The second-order valence-corrected chi connectivity index (χ2v) is 5.80. The zero-order valence-electron chi connectivity index (χ0n) is 11.4. The number of halogens is 1. The van der Waals surface area contributed by atoms with E-state index >= 15 is 0 Å². The third-order valence-electron chi connectivity index (χ3n) is 2.89. The number of nitrogens with one attached hydrogen (secondary N) is 1. The zero-order valence-corrected chi connectivity index (χ0v) is 12.9. The highest BCUT2D eigenvalue weighted by atomic mass is 35.5. The first-order chi connectivity index (χ1) is 8.67. The van der Waals surface area contributed by atoms with Gasteiger partial charge in [-0.25, -0.2) is 0 Å². The minimum Gasteiger partial charge on any atom is -0.271 e. The van der Waals surface area contributed by atoms with Gasteiger partial charge in [-0.05, 0) is 19.1 Å². The Morgan fingerprint density at radius 3 is 2.67 bits per heavy atom. The van der Waals surface area contributed by atoms with Crippen molar-refractivity contribution in [1.82, 2.24) is 15.2 Å². The molecule has 0 aliphatic carbocycles. The van der Waals surface area contributed by atoms with Crippen molar-refractivity contribution in [2.45, 2.75) is 46.2 Å². The number of nitrogens with zero attached hydrogens (tertiary/aromatic N) is 2. The van der Waals surface area contributed by atoms with Gasteiger partial charge in [-0.3, -0.25) is 16.0 Å². The van der Waals surface area contributed by atoms with E-state index in [2.05, 4.69) is 31.3 Å². The average Bonchev–Trinajstić information content (AvgIpc) is 2.70. The van der Waals surface area contributed by atoms with E-state index in [1.54, 1.807) is 0 Å². The molecule has 1 rings (SSSR count). The number of rotatable bonds is 8. The van der Waals surface area contributed by atoms with Gasteiger partial charge < -0.3 is 0 Å². The molecule has 0 aromatic carbocycles. The lowest BCUT2D eigenvalue weighted by atomic mass is 10.1. The van der Waals surface area contributed by atoms with Gasteiger partial charge in [-0.15, -0.1) is 0 Å². The van der Waals surface area contributed by atoms with Crippen LogP contribution in [0.2, 0.25) is 5.02 Å². The van der Waals surface area contributed by atoms with Crippen molar-refractivity contribution in [1.29, 1.82) is 0 Å². The summed E-state index contributed by atoms with van der Waals surface area (Å²) < 4.78 is 1.99. The molecule has 4 nitrogen and oxygen atoms in total. The van der Waals surface area contributed by atoms with E-state index in [-0.39, 0.29) is 6.04 Å². The van der Waals surface area contributed by atoms with Gasteiger partial charge in [0.05, 0.1) is 16.4 Å². The molecule has 0 amide bonds. The maximum absolute atomic E-state index is 6.38. The largest absolute Gasteiger partial charge is 0.271 e. The molecule has 0 saturated carbocycles. The SMILES string of the molecule is CCSCC(Cc1c(Cl)c(CC)nn1CC)NN. The van der Waals surface area contributed by atoms with Crippen LogP contribution >= 0.6 is 23.4 Å². The van der Waals surface area contributed by atoms with Crippen molar-refractivity contribution in [2.24, 2.45) is 5.84 Å². The molecule has 0 radical (unpaired) electrons. The first kappa shape index (κ1) is 15.8. The van der Waals surface area contributed by atoms with Crippen LogP contribution < -0.4 is 11.3 Å². The van der Waals surface area contributed by atoms with Crippen molar-refractivity contribution >= 4 is 23.4 Å². The van der Waals surface area contributed by atoms with Crippen LogP contribution in [0.1, 0.15) is 32.2 Å². The predicted octanol–water partition coefficient (Wildman–Crippen LogP) is 2.25. The summed E-state index contributed by atoms with van der Waals surface area (Å²) in [7, 11) is 0. The lowest BCUT2D eigenvalue weighted by molar-refractivity contribution is 0.534. The first-order valence-electron chi connectivity index (χ1n) is 6.45. The number of hydrogen-bond acceptors (Lipinski definition) is 4. The van der Waals surface area contributed by atoms with Crippen LogP contribution in [-0.4, -0.2) is 27.3 Å². The molecule has 18 heavy (non-hydrogen) atoms. The summed E-state index contributed by atoms with van der Waals surface area (Å²) in [6.45, 7) is 7.14. The highest BCUT2D eigenvalue weighted by Gasteiger charge is 2.18. The molecule has 1 aromatic rings. The molecule has 1 atom stereocenters. The maximum Gasteiger partial charge on any atom is 0.0850 e. The summed E-state index contributed by atoms with van der Waals surface area (Å²) in [5.74, 6) is 7.69. The topological polar surface area (TPSA) is 55.9 Å². The standard InChI is InChI=1S/C12H23ClN4S/c1-4-10-12(13)11(17(5-2)16-10)7-9(15-14)8-18-6-3/h9,15H,4-8,14H2,1-3H3. The van der Waals surface area contributed by atoms with Crippen molar-refractivity contribution in [3.05, 3.63) is 16.4 Å². The van der Waals surface area contributed by atoms with Gasteiger partial charge in [-0.2, -0.15) is 16.9 Å². The Bertz CT molecular complexity index is 367. The number of aromatic nitrogens is 2. The van der Waals surface area contributed by atoms with Crippen molar-refractivity contribution in [3.8, 4) is 0 Å². The van der Waals surface area contributed by atoms with Crippen LogP contribution in [0.4, 0.5) is 0 Å². The first-order valence-corrected chi connectivity index (χ1v) is 7.98. The molecule has 0 fully saturated rings. The van der Waals surface area contributed by atoms with Crippen LogP contribution in [0.25, 0.3) is 0 Å². The van der Waals surface area contributed by atoms with Gasteiger partial charge in [0.15, 0.2) is 0 Å². The molecule has 0 aliphatic heterocycles. The van der Waals surface area contributed by atoms with Crippen LogP contribution in [0, 0.1) is 0 Å². The minimum absolute atomic E-state index is 0.235. The lowest BCUT2D eigenvalue weighted by Gasteiger charge is -2.16. The highest BCUT2D eigenvalue weighted by molar-refractivity contribution is 7.99. The van der Waals surface area contributed by atoms with Gasteiger partial charge in [0.25, 0.3) is 0 Å². The van der Waals surface area contributed by atoms with Gasteiger partial charge in [-0.1, -0.05) is 25.4 Å². The third kappa shape index (κ3) is 3.88. The van der Waals surface area contributed by atoms with E-state index in [4.69, 9.17) is 17.4 Å². The molecule has 0 bridgehead atoms.